The molecule has 0 aliphatic carbocycles. The van der Waals surface area contributed by atoms with Crippen LogP contribution in [0.2, 0.25) is 0 Å². The third-order valence-electron chi connectivity index (χ3n) is 9.41. The standard InChI is InChI=1S/C37H68N12O10/c1-9-20(6)29(35(58)45-23(31(54)41-11-3)13-12-16-42-37(39)40)48-32(55)24(14-15-26(38)52)44-33(56)25(18-50)46-36(59)30(21(7)10-2)49-34(57)28(19(4)5)47-27(53)17-43-22(8)51/h19-21,23-25,28-30,50H,9-18H2,1-8H3,(H2,38,52)(H,41,54)(H,43,51)(H,44,56)(H,45,58)(H,46,59)(H,47,53)(H,48,55)(H,49,57)(H4,39,40,42)/t20-,21+,23-,24-,25-,28-,29-,30+/m0/s1. The average molecular weight is 841 g/mol. The van der Waals surface area contributed by atoms with Gasteiger partial charge in [-0.15, -0.1) is 0 Å². The van der Waals surface area contributed by atoms with E-state index in [1.54, 1.807) is 48.5 Å². The molecule has 22 heteroatoms. The van der Waals surface area contributed by atoms with Crippen LogP contribution >= 0.6 is 0 Å². The lowest BCUT2D eigenvalue weighted by Crippen LogP contribution is -2.62. The summed E-state index contributed by atoms with van der Waals surface area (Å²) in [5.41, 5.74) is 16.1. The molecule has 0 spiro atoms. The highest BCUT2D eigenvalue weighted by Gasteiger charge is 2.36. The number of nitrogens with zero attached hydrogens (tertiary/aromatic N) is 1. The molecule has 0 aliphatic rings. The van der Waals surface area contributed by atoms with Gasteiger partial charge in [0, 0.05) is 26.4 Å². The Morgan fingerprint density at radius 1 is 0.593 bits per heavy atom. The first kappa shape index (κ1) is 53.5. The van der Waals surface area contributed by atoms with Crippen LogP contribution in [-0.4, -0.2) is 127 Å². The molecule has 0 bridgehead atoms. The van der Waals surface area contributed by atoms with Gasteiger partial charge in [-0.3, -0.25) is 48.1 Å². The number of primary amides is 1. The molecule has 15 N–H and O–H groups in total. The summed E-state index contributed by atoms with van der Waals surface area (Å²) < 4.78 is 0. The summed E-state index contributed by atoms with van der Waals surface area (Å²) in [6.45, 7) is 12.3. The van der Waals surface area contributed by atoms with E-state index >= 15 is 0 Å². The van der Waals surface area contributed by atoms with E-state index in [2.05, 4.69) is 47.5 Å². The van der Waals surface area contributed by atoms with Gasteiger partial charge in [-0.25, -0.2) is 0 Å². The molecule has 336 valence electrons. The first-order chi connectivity index (χ1) is 27.6. The van der Waals surface area contributed by atoms with Gasteiger partial charge in [-0.1, -0.05) is 54.4 Å². The zero-order valence-electron chi connectivity index (χ0n) is 35.6. The Hall–Kier alpha value is -5.54. The molecule has 8 atom stereocenters. The van der Waals surface area contributed by atoms with Crippen LogP contribution in [-0.2, 0) is 43.2 Å². The van der Waals surface area contributed by atoms with Crippen molar-refractivity contribution in [3.05, 3.63) is 0 Å². The highest BCUT2D eigenvalue weighted by molar-refractivity contribution is 5.97. The predicted molar refractivity (Wildman–Crippen MR) is 218 cm³/mol. The number of amides is 9. The van der Waals surface area contributed by atoms with Crippen molar-refractivity contribution in [3.63, 3.8) is 0 Å². The smallest absolute Gasteiger partial charge is 0.245 e. The fourth-order valence-electron chi connectivity index (χ4n) is 5.48. The van der Waals surface area contributed by atoms with E-state index in [0.29, 0.717) is 19.3 Å². The predicted octanol–water partition coefficient (Wildman–Crippen LogP) is -3.77. The summed E-state index contributed by atoms with van der Waals surface area (Å²) >= 11 is 0. The lowest BCUT2D eigenvalue weighted by molar-refractivity contribution is -0.137. The number of carbonyl (C=O) groups excluding carboxylic acids is 9. The fourth-order valence-corrected chi connectivity index (χ4v) is 5.48. The maximum atomic E-state index is 13.8. The topological polar surface area (TPSA) is 361 Å². The quantitative estimate of drug-likeness (QED) is 0.0205. The molecular formula is C37H68N12O10. The van der Waals surface area contributed by atoms with Crippen molar-refractivity contribution in [1.82, 2.24) is 42.5 Å². The Kier molecular flexibility index (Phi) is 25.4. The summed E-state index contributed by atoms with van der Waals surface area (Å²) in [5, 5.41) is 30.4. The first-order valence-electron chi connectivity index (χ1n) is 19.9. The van der Waals surface area contributed by atoms with E-state index in [4.69, 9.17) is 17.2 Å². The van der Waals surface area contributed by atoms with Gasteiger partial charge < -0.3 is 64.8 Å². The van der Waals surface area contributed by atoms with Gasteiger partial charge >= 0.3 is 0 Å². The summed E-state index contributed by atoms with van der Waals surface area (Å²) in [7, 11) is 0. The van der Waals surface area contributed by atoms with E-state index in [1.165, 1.54) is 6.92 Å². The third kappa shape index (κ3) is 20.6. The van der Waals surface area contributed by atoms with Crippen molar-refractivity contribution in [2.45, 2.75) is 130 Å². The average Bonchev–Trinajstić information content (AvgIpc) is 3.17. The van der Waals surface area contributed by atoms with E-state index in [9.17, 15) is 48.3 Å². The maximum absolute atomic E-state index is 13.8. The van der Waals surface area contributed by atoms with Gasteiger partial charge in [-0.05, 0) is 43.9 Å². The third-order valence-corrected chi connectivity index (χ3v) is 9.41. The van der Waals surface area contributed by atoms with Gasteiger partial charge in [0.1, 0.15) is 36.3 Å². The van der Waals surface area contributed by atoms with Crippen molar-refractivity contribution in [2.24, 2.45) is 39.9 Å². The molecule has 0 rings (SSSR count). The Morgan fingerprint density at radius 3 is 1.53 bits per heavy atom. The van der Waals surface area contributed by atoms with Gasteiger partial charge in [0.25, 0.3) is 0 Å². The minimum Gasteiger partial charge on any atom is -0.394 e. The number of hydrogen-bond acceptors (Lipinski definition) is 11. The Labute approximate surface area is 345 Å². The van der Waals surface area contributed by atoms with Crippen molar-refractivity contribution < 1.29 is 48.3 Å². The molecule has 0 saturated heterocycles. The highest BCUT2D eigenvalue weighted by atomic mass is 16.3. The summed E-state index contributed by atoms with van der Waals surface area (Å²) in [4.78, 5) is 120. The summed E-state index contributed by atoms with van der Waals surface area (Å²) in [5.74, 6) is -8.12. The van der Waals surface area contributed by atoms with Gasteiger partial charge in [0.2, 0.25) is 53.2 Å². The molecule has 0 aromatic rings. The molecule has 0 heterocycles. The molecule has 22 nitrogen and oxygen atoms in total. The molecule has 59 heavy (non-hydrogen) atoms. The number of nitrogens with two attached hydrogens (primary N) is 3. The normalized spacial score (nSPS) is 14.9. The molecule has 0 unspecified atom stereocenters. The number of aliphatic imine (C=N–C) groups is 1. The Morgan fingerprint density at radius 2 is 1.07 bits per heavy atom. The maximum Gasteiger partial charge on any atom is 0.245 e. The highest BCUT2D eigenvalue weighted by Crippen LogP contribution is 2.13. The number of hydrogen-bond donors (Lipinski definition) is 12. The van der Waals surface area contributed by atoms with Crippen LogP contribution in [0.15, 0.2) is 4.99 Å². The molecule has 0 radical (unpaired) electrons. The zero-order chi connectivity index (χ0) is 45.4. The SMILES string of the molecule is CCNC(=O)[C@H](CCCN=C(N)N)NC(=O)[C@@H](NC(=O)[C@H](CCC(N)=O)NC(=O)[C@H](CO)NC(=O)[C@H](NC(=O)[C@@H](NC(=O)CNC(C)=O)C(C)C)[C@H](C)CC)[C@@H](C)CC. The van der Waals surface area contributed by atoms with Crippen LogP contribution in [0.3, 0.4) is 0 Å². The number of aliphatic hydroxyl groups excluding tert-OH is 1. The van der Waals surface area contributed by atoms with Crippen molar-refractivity contribution >= 4 is 59.1 Å². The van der Waals surface area contributed by atoms with E-state index in [-0.39, 0.29) is 44.9 Å². The zero-order valence-corrected chi connectivity index (χ0v) is 35.6. The van der Waals surface area contributed by atoms with Crippen LogP contribution in [0, 0.1) is 17.8 Å². The Bertz CT molecular complexity index is 1470. The molecule has 9 amide bonds. The van der Waals surface area contributed by atoms with Gasteiger partial charge in [0.05, 0.1) is 13.2 Å². The summed E-state index contributed by atoms with van der Waals surface area (Å²) in [6.07, 6.45) is 0.600. The van der Waals surface area contributed by atoms with E-state index in [1.807, 2.05) is 0 Å². The van der Waals surface area contributed by atoms with Crippen molar-refractivity contribution in [1.29, 1.82) is 0 Å². The molecule has 0 aromatic carbocycles. The number of rotatable bonds is 28. The molecule has 0 aromatic heterocycles. The summed E-state index contributed by atoms with van der Waals surface area (Å²) in [6, 6.07) is -7.72. The second kappa shape index (κ2) is 28.0. The van der Waals surface area contributed by atoms with Crippen LogP contribution in [0.4, 0.5) is 0 Å². The lowest BCUT2D eigenvalue weighted by atomic mass is 9.96. The Balaban J connectivity index is 6.25. The van der Waals surface area contributed by atoms with Crippen LogP contribution < -0.4 is 59.7 Å². The van der Waals surface area contributed by atoms with Crippen LogP contribution in [0.5, 0.6) is 0 Å². The number of guanidine groups is 1. The van der Waals surface area contributed by atoms with Crippen molar-refractivity contribution in [2.75, 3.05) is 26.2 Å². The minimum absolute atomic E-state index is 0.131. The van der Waals surface area contributed by atoms with Crippen molar-refractivity contribution in [3.8, 4) is 0 Å². The fraction of sp³-hybridized carbons (Fsp3) is 0.730. The second-order valence-electron chi connectivity index (χ2n) is 14.7. The molecule has 0 aliphatic heterocycles. The minimum atomic E-state index is -1.65. The van der Waals surface area contributed by atoms with E-state index in [0.717, 1.165) is 0 Å². The monoisotopic (exact) mass is 841 g/mol. The van der Waals surface area contributed by atoms with E-state index < -0.39 is 114 Å². The number of nitrogens with one attached hydrogen (secondary N) is 8. The molecule has 0 saturated carbocycles. The number of likely N-dealkylation sites (N-methyl/N-ethyl adjacent to an activating group) is 1. The largest absolute Gasteiger partial charge is 0.394 e. The lowest BCUT2D eigenvalue weighted by Gasteiger charge is -2.30. The van der Waals surface area contributed by atoms with Crippen LogP contribution in [0.1, 0.15) is 93.9 Å². The first-order valence-corrected chi connectivity index (χ1v) is 19.9. The van der Waals surface area contributed by atoms with Gasteiger partial charge in [-0.2, -0.15) is 0 Å². The van der Waals surface area contributed by atoms with Gasteiger partial charge in [0.15, 0.2) is 5.96 Å². The number of carbonyl (C=O) groups is 9. The molecular weight excluding hydrogens is 772 g/mol. The second-order valence-corrected chi connectivity index (χ2v) is 14.7. The van der Waals surface area contributed by atoms with Crippen LogP contribution in [0.25, 0.3) is 0 Å². The number of aliphatic hydroxyl groups is 1. The molecule has 0 fully saturated rings.